The van der Waals surface area contributed by atoms with Crippen LogP contribution in [0.5, 0.6) is 0 Å². The minimum Gasteiger partial charge on any atom is -0.351 e. The van der Waals surface area contributed by atoms with Crippen LogP contribution in [0.25, 0.3) is 0 Å². The molecule has 0 saturated carbocycles. The predicted octanol–water partition coefficient (Wildman–Crippen LogP) is 2.27. The summed E-state index contributed by atoms with van der Waals surface area (Å²) in [7, 11) is 0. The van der Waals surface area contributed by atoms with E-state index in [1.54, 1.807) is 23.0 Å². The molecule has 1 aromatic carbocycles. The van der Waals surface area contributed by atoms with Crippen LogP contribution >= 0.6 is 12.4 Å². The van der Waals surface area contributed by atoms with Gasteiger partial charge in [-0.1, -0.05) is 18.2 Å². The molecule has 1 amide bonds. The number of piperidine rings is 1. The molecule has 1 aromatic heterocycles. The Morgan fingerprint density at radius 3 is 2.72 bits per heavy atom. The third-order valence-electron chi connectivity index (χ3n) is 4.66. The molecule has 136 valence electrons. The van der Waals surface area contributed by atoms with Crippen molar-refractivity contribution in [1.82, 2.24) is 20.4 Å². The number of carbonyl (C=O) groups is 1. The molecular formula is C18H24ClFN4O. The smallest absolute Gasteiger partial charge is 0.248 e. The average molecular weight is 367 g/mol. The maximum absolute atomic E-state index is 13.8. The first kappa shape index (κ1) is 19.4. The minimum atomic E-state index is -0.668. The number of halogens is 2. The van der Waals surface area contributed by atoms with Gasteiger partial charge in [0, 0.05) is 18.4 Å². The molecule has 2 aromatic rings. The van der Waals surface area contributed by atoms with Crippen LogP contribution in [-0.4, -0.2) is 34.8 Å². The summed E-state index contributed by atoms with van der Waals surface area (Å²) in [5, 5.41) is 10.7. The van der Waals surface area contributed by atoms with Gasteiger partial charge in [0.15, 0.2) is 0 Å². The Balaban J connectivity index is 0.00000225. The molecule has 1 atom stereocenters. The van der Waals surface area contributed by atoms with E-state index in [1.807, 2.05) is 25.3 Å². The Labute approximate surface area is 153 Å². The zero-order valence-corrected chi connectivity index (χ0v) is 15.1. The standard InChI is InChI=1S/C18H23FN4O.ClH/c1-14(13-15-5-2-3-6-16(15)19)22-17(24)18(7-10-20-11-8-18)23-12-4-9-21-23;/h2-6,9,12,14,20H,7-8,10-11,13H2,1H3,(H,22,24);1H. The minimum absolute atomic E-state index is 0. The number of hydrogen-bond donors (Lipinski definition) is 2. The highest BCUT2D eigenvalue weighted by atomic mass is 35.5. The molecule has 3 rings (SSSR count). The van der Waals surface area contributed by atoms with Gasteiger partial charge in [0.2, 0.25) is 5.91 Å². The van der Waals surface area contributed by atoms with Gasteiger partial charge in [-0.15, -0.1) is 12.4 Å². The van der Waals surface area contributed by atoms with Crippen molar-refractivity contribution in [1.29, 1.82) is 0 Å². The first-order valence-corrected chi connectivity index (χ1v) is 8.37. The molecule has 1 aliphatic heterocycles. The Morgan fingerprint density at radius 1 is 1.36 bits per heavy atom. The molecule has 2 heterocycles. The van der Waals surface area contributed by atoms with Crippen molar-refractivity contribution in [3.05, 3.63) is 54.1 Å². The lowest BCUT2D eigenvalue weighted by Gasteiger charge is -2.37. The molecule has 0 radical (unpaired) electrons. The van der Waals surface area contributed by atoms with Gasteiger partial charge >= 0.3 is 0 Å². The summed E-state index contributed by atoms with van der Waals surface area (Å²) in [5.74, 6) is -0.279. The van der Waals surface area contributed by atoms with Crippen molar-refractivity contribution in [2.75, 3.05) is 13.1 Å². The number of hydrogen-bond acceptors (Lipinski definition) is 3. The maximum atomic E-state index is 13.8. The van der Waals surface area contributed by atoms with E-state index in [2.05, 4.69) is 15.7 Å². The van der Waals surface area contributed by atoms with Crippen molar-refractivity contribution in [2.24, 2.45) is 0 Å². The number of amides is 1. The average Bonchev–Trinajstić information content (AvgIpc) is 3.12. The van der Waals surface area contributed by atoms with Crippen LogP contribution in [0.1, 0.15) is 25.3 Å². The molecule has 7 heteroatoms. The second-order valence-corrected chi connectivity index (χ2v) is 6.40. The van der Waals surface area contributed by atoms with E-state index < -0.39 is 5.54 Å². The number of nitrogens with zero attached hydrogens (tertiary/aromatic N) is 2. The SMILES string of the molecule is CC(Cc1ccccc1F)NC(=O)C1(n2cccn2)CCNCC1.Cl. The number of nitrogens with one attached hydrogen (secondary N) is 2. The van der Waals surface area contributed by atoms with Gasteiger partial charge in [-0.3, -0.25) is 9.48 Å². The van der Waals surface area contributed by atoms with Crippen LogP contribution in [0.3, 0.4) is 0 Å². The van der Waals surface area contributed by atoms with Crippen LogP contribution in [0.15, 0.2) is 42.7 Å². The Morgan fingerprint density at radius 2 is 2.08 bits per heavy atom. The summed E-state index contributed by atoms with van der Waals surface area (Å²) in [4.78, 5) is 13.0. The monoisotopic (exact) mass is 366 g/mol. The van der Waals surface area contributed by atoms with Gasteiger partial charge in [-0.25, -0.2) is 4.39 Å². The largest absolute Gasteiger partial charge is 0.351 e. The van der Waals surface area contributed by atoms with E-state index in [1.165, 1.54) is 6.07 Å². The Hall–Kier alpha value is -1.92. The number of aromatic nitrogens is 2. The van der Waals surface area contributed by atoms with Gasteiger partial charge in [0.25, 0.3) is 0 Å². The van der Waals surface area contributed by atoms with Gasteiger partial charge in [0.1, 0.15) is 11.4 Å². The summed E-state index contributed by atoms with van der Waals surface area (Å²) < 4.78 is 15.6. The van der Waals surface area contributed by atoms with E-state index in [-0.39, 0.29) is 30.2 Å². The van der Waals surface area contributed by atoms with Crippen molar-refractivity contribution in [3.8, 4) is 0 Å². The Bertz CT molecular complexity index is 686. The lowest BCUT2D eigenvalue weighted by Crippen LogP contribution is -2.56. The van der Waals surface area contributed by atoms with Crippen molar-refractivity contribution >= 4 is 18.3 Å². The van der Waals surface area contributed by atoms with Crippen LogP contribution < -0.4 is 10.6 Å². The maximum Gasteiger partial charge on any atom is 0.248 e. The van der Waals surface area contributed by atoms with E-state index >= 15 is 0 Å². The van der Waals surface area contributed by atoms with E-state index in [0.29, 0.717) is 24.8 Å². The fourth-order valence-electron chi connectivity index (χ4n) is 3.33. The van der Waals surface area contributed by atoms with Gasteiger partial charge in [0.05, 0.1) is 0 Å². The summed E-state index contributed by atoms with van der Waals surface area (Å²) in [5.41, 5.74) is -0.0538. The molecule has 0 spiro atoms. The molecular weight excluding hydrogens is 343 g/mol. The number of rotatable bonds is 5. The highest BCUT2D eigenvalue weighted by molar-refractivity contribution is 5.85. The molecule has 1 unspecified atom stereocenters. The first-order chi connectivity index (χ1) is 11.6. The zero-order valence-electron chi connectivity index (χ0n) is 14.2. The second kappa shape index (κ2) is 8.45. The highest BCUT2D eigenvalue weighted by Crippen LogP contribution is 2.27. The zero-order chi connectivity index (χ0) is 17.0. The van der Waals surface area contributed by atoms with Crippen molar-refractivity contribution in [3.63, 3.8) is 0 Å². The quantitative estimate of drug-likeness (QED) is 0.853. The van der Waals surface area contributed by atoms with Gasteiger partial charge in [-0.2, -0.15) is 5.10 Å². The third kappa shape index (κ3) is 4.19. The van der Waals surface area contributed by atoms with Crippen LogP contribution in [0, 0.1) is 5.82 Å². The van der Waals surface area contributed by atoms with E-state index in [9.17, 15) is 9.18 Å². The molecule has 2 N–H and O–H groups in total. The summed E-state index contributed by atoms with van der Waals surface area (Å²) >= 11 is 0. The first-order valence-electron chi connectivity index (χ1n) is 8.37. The van der Waals surface area contributed by atoms with Crippen molar-refractivity contribution < 1.29 is 9.18 Å². The van der Waals surface area contributed by atoms with Crippen LogP contribution in [-0.2, 0) is 16.8 Å². The summed E-state index contributed by atoms with van der Waals surface area (Å²) in [6, 6.07) is 8.36. The van der Waals surface area contributed by atoms with Gasteiger partial charge in [-0.05, 0) is 57.0 Å². The van der Waals surface area contributed by atoms with E-state index in [4.69, 9.17) is 0 Å². The second-order valence-electron chi connectivity index (χ2n) is 6.40. The lowest BCUT2D eigenvalue weighted by atomic mass is 9.87. The molecule has 5 nitrogen and oxygen atoms in total. The number of carbonyl (C=O) groups excluding carboxylic acids is 1. The van der Waals surface area contributed by atoms with Crippen molar-refractivity contribution in [2.45, 2.75) is 37.8 Å². The molecule has 0 bridgehead atoms. The van der Waals surface area contributed by atoms with Crippen LogP contribution in [0.4, 0.5) is 4.39 Å². The lowest BCUT2D eigenvalue weighted by molar-refractivity contribution is -0.132. The fourth-order valence-corrected chi connectivity index (χ4v) is 3.33. The summed E-state index contributed by atoms with van der Waals surface area (Å²) in [6.07, 6.45) is 5.37. The van der Waals surface area contributed by atoms with E-state index in [0.717, 1.165) is 13.1 Å². The topological polar surface area (TPSA) is 59.0 Å². The predicted molar refractivity (Wildman–Crippen MR) is 97.3 cm³/mol. The fraction of sp³-hybridized carbons (Fsp3) is 0.444. The molecule has 1 aliphatic rings. The molecule has 25 heavy (non-hydrogen) atoms. The third-order valence-corrected chi connectivity index (χ3v) is 4.66. The molecule has 1 saturated heterocycles. The molecule has 1 fully saturated rings. The highest BCUT2D eigenvalue weighted by Gasteiger charge is 2.42. The molecule has 0 aliphatic carbocycles. The summed E-state index contributed by atoms with van der Waals surface area (Å²) in [6.45, 7) is 3.45. The normalized spacial score (nSPS) is 17.4. The Kier molecular flexibility index (Phi) is 6.56. The number of benzene rings is 1. The van der Waals surface area contributed by atoms with Crippen LogP contribution in [0.2, 0.25) is 0 Å². The van der Waals surface area contributed by atoms with Gasteiger partial charge < -0.3 is 10.6 Å².